The second-order valence-electron chi connectivity index (χ2n) is 7.97. The summed E-state index contributed by atoms with van der Waals surface area (Å²) in [5, 5.41) is 14.2. The summed E-state index contributed by atoms with van der Waals surface area (Å²) in [6.07, 6.45) is 5.39. The molecule has 172 valence electrons. The van der Waals surface area contributed by atoms with Gasteiger partial charge >= 0.3 is 0 Å². The molecule has 0 unspecified atom stereocenters. The standard InChI is InChI=1S/C23H27N7OS2/c1-4-9-25-23(32)29-11-7-17(8-12-29)22-27-19(14-33-22)21(31)26-18-6-5-10-24-20(18)30-16(3)13-15(2)28-30/h4-6,10,13-14,17H,1,7-9,11-12H2,2-3H3,(H,25,32)(H,26,31). The lowest BCUT2D eigenvalue weighted by atomic mass is 9.98. The molecular weight excluding hydrogens is 454 g/mol. The number of pyridine rings is 1. The number of rotatable bonds is 6. The maximum absolute atomic E-state index is 13.0. The smallest absolute Gasteiger partial charge is 0.275 e. The van der Waals surface area contributed by atoms with Gasteiger partial charge in [-0.3, -0.25) is 4.79 Å². The fourth-order valence-corrected chi connectivity index (χ4v) is 5.11. The minimum Gasteiger partial charge on any atom is -0.359 e. The number of carbonyl (C=O) groups excluding carboxylic acids is 1. The number of hydrogen-bond donors (Lipinski definition) is 2. The summed E-state index contributed by atoms with van der Waals surface area (Å²) in [6, 6.07) is 5.59. The van der Waals surface area contributed by atoms with Crippen molar-refractivity contribution in [3.63, 3.8) is 0 Å². The van der Waals surface area contributed by atoms with E-state index in [0.717, 1.165) is 47.4 Å². The Kier molecular flexibility index (Phi) is 7.14. The highest BCUT2D eigenvalue weighted by molar-refractivity contribution is 7.80. The highest BCUT2D eigenvalue weighted by Gasteiger charge is 2.25. The summed E-state index contributed by atoms with van der Waals surface area (Å²) < 4.78 is 1.74. The highest BCUT2D eigenvalue weighted by atomic mass is 32.1. The largest absolute Gasteiger partial charge is 0.359 e. The predicted molar refractivity (Wildman–Crippen MR) is 135 cm³/mol. The molecule has 0 bridgehead atoms. The van der Waals surface area contributed by atoms with E-state index in [0.29, 0.717) is 29.7 Å². The van der Waals surface area contributed by atoms with Gasteiger partial charge in [-0.2, -0.15) is 5.10 Å². The number of carbonyl (C=O) groups is 1. The van der Waals surface area contributed by atoms with Crippen LogP contribution in [0.15, 0.2) is 42.4 Å². The van der Waals surface area contributed by atoms with Crippen LogP contribution in [-0.4, -0.2) is 55.3 Å². The Bertz CT molecular complexity index is 1160. The predicted octanol–water partition coefficient (Wildman–Crippen LogP) is 3.83. The van der Waals surface area contributed by atoms with Gasteiger partial charge in [-0.05, 0) is 57.1 Å². The normalized spacial score (nSPS) is 14.2. The number of thiazole rings is 1. The Morgan fingerprint density at radius 1 is 1.36 bits per heavy atom. The monoisotopic (exact) mass is 481 g/mol. The van der Waals surface area contributed by atoms with Crippen molar-refractivity contribution >= 4 is 40.3 Å². The molecule has 4 rings (SSSR count). The van der Waals surface area contributed by atoms with Crippen LogP contribution in [-0.2, 0) is 0 Å². The third-order valence-electron chi connectivity index (χ3n) is 5.53. The van der Waals surface area contributed by atoms with Crippen molar-refractivity contribution in [2.75, 3.05) is 25.0 Å². The molecule has 3 aromatic heterocycles. The van der Waals surface area contributed by atoms with Crippen molar-refractivity contribution in [2.45, 2.75) is 32.6 Å². The van der Waals surface area contributed by atoms with E-state index in [9.17, 15) is 4.79 Å². The van der Waals surface area contributed by atoms with Gasteiger partial charge in [-0.1, -0.05) is 6.08 Å². The van der Waals surface area contributed by atoms with Gasteiger partial charge < -0.3 is 15.5 Å². The molecule has 1 fully saturated rings. The van der Waals surface area contributed by atoms with Crippen LogP contribution < -0.4 is 10.6 Å². The summed E-state index contributed by atoms with van der Waals surface area (Å²) >= 11 is 6.98. The second kappa shape index (κ2) is 10.2. The number of thiocarbonyl (C=S) groups is 1. The van der Waals surface area contributed by atoms with Gasteiger partial charge in [0.1, 0.15) is 5.69 Å². The molecule has 0 saturated carbocycles. The van der Waals surface area contributed by atoms with E-state index in [1.807, 2.05) is 31.4 Å². The van der Waals surface area contributed by atoms with Crippen LogP contribution in [0.1, 0.15) is 45.6 Å². The van der Waals surface area contributed by atoms with E-state index in [4.69, 9.17) is 12.2 Å². The van der Waals surface area contributed by atoms with Crippen molar-refractivity contribution in [1.29, 1.82) is 0 Å². The van der Waals surface area contributed by atoms with Crippen LogP contribution in [0, 0.1) is 13.8 Å². The van der Waals surface area contributed by atoms with E-state index in [2.05, 4.69) is 37.2 Å². The number of aryl methyl sites for hydroxylation is 2. The van der Waals surface area contributed by atoms with Gasteiger partial charge in [0.2, 0.25) is 0 Å². The molecule has 0 radical (unpaired) electrons. The molecule has 0 spiro atoms. The zero-order valence-corrected chi connectivity index (χ0v) is 20.4. The topological polar surface area (TPSA) is 88.0 Å². The van der Waals surface area contributed by atoms with Crippen LogP contribution >= 0.6 is 23.6 Å². The Balaban J connectivity index is 1.41. The van der Waals surface area contributed by atoms with Crippen molar-refractivity contribution in [1.82, 2.24) is 30.0 Å². The molecule has 0 aliphatic carbocycles. The van der Waals surface area contributed by atoms with E-state index < -0.39 is 0 Å². The number of piperidine rings is 1. The Labute approximate surface area is 202 Å². The average Bonchev–Trinajstić information content (AvgIpc) is 3.44. The van der Waals surface area contributed by atoms with Crippen molar-refractivity contribution < 1.29 is 4.79 Å². The lowest BCUT2D eigenvalue weighted by molar-refractivity contribution is 0.102. The van der Waals surface area contributed by atoms with Gasteiger partial charge in [0.15, 0.2) is 10.9 Å². The van der Waals surface area contributed by atoms with Gasteiger partial charge in [0, 0.05) is 42.8 Å². The summed E-state index contributed by atoms with van der Waals surface area (Å²) in [7, 11) is 0. The van der Waals surface area contributed by atoms with Crippen LogP contribution in [0.5, 0.6) is 0 Å². The van der Waals surface area contributed by atoms with Gasteiger partial charge in [-0.25, -0.2) is 14.6 Å². The quantitative estimate of drug-likeness (QED) is 0.409. The third kappa shape index (κ3) is 5.28. The van der Waals surface area contributed by atoms with Crippen molar-refractivity contribution in [3.8, 4) is 5.82 Å². The Morgan fingerprint density at radius 3 is 2.85 bits per heavy atom. The van der Waals surface area contributed by atoms with Crippen LogP contribution in [0.3, 0.4) is 0 Å². The molecule has 1 aliphatic rings. The molecule has 1 amide bonds. The summed E-state index contributed by atoms with van der Waals surface area (Å²) in [4.78, 5) is 24.2. The fourth-order valence-electron chi connectivity index (χ4n) is 3.87. The first kappa shape index (κ1) is 23.1. The molecule has 0 atom stereocenters. The molecule has 1 saturated heterocycles. The summed E-state index contributed by atoms with van der Waals surface area (Å²) in [5.41, 5.74) is 2.85. The number of anilines is 1. The third-order valence-corrected chi connectivity index (χ3v) is 6.94. The Morgan fingerprint density at radius 2 is 2.15 bits per heavy atom. The zero-order valence-electron chi connectivity index (χ0n) is 18.7. The van der Waals surface area contributed by atoms with E-state index >= 15 is 0 Å². The maximum Gasteiger partial charge on any atom is 0.275 e. The van der Waals surface area contributed by atoms with E-state index in [1.54, 1.807) is 23.0 Å². The average molecular weight is 482 g/mol. The first-order valence-electron chi connectivity index (χ1n) is 10.9. The van der Waals surface area contributed by atoms with Crippen LogP contribution in [0.25, 0.3) is 5.82 Å². The van der Waals surface area contributed by atoms with E-state index in [1.165, 1.54) is 11.3 Å². The first-order chi connectivity index (χ1) is 16.0. The molecule has 33 heavy (non-hydrogen) atoms. The minimum atomic E-state index is -0.250. The maximum atomic E-state index is 13.0. The Hall–Kier alpha value is -3.11. The SMILES string of the molecule is C=CCNC(=S)N1CCC(c2nc(C(=O)Nc3cccnc3-n3nc(C)cc3C)cs2)CC1. The number of nitrogens with one attached hydrogen (secondary N) is 2. The number of hydrogen-bond acceptors (Lipinski definition) is 6. The van der Waals surface area contributed by atoms with E-state index in [-0.39, 0.29) is 5.91 Å². The van der Waals surface area contributed by atoms with Gasteiger partial charge in [0.05, 0.1) is 16.4 Å². The van der Waals surface area contributed by atoms with Gasteiger partial charge in [0.25, 0.3) is 5.91 Å². The minimum absolute atomic E-state index is 0.250. The first-order valence-corrected chi connectivity index (χ1v) is 12.1. The molecular formula is C23H27N7OS2. The number of aromatic nitrogens is 4. The van der Waals surface area contributed by atoms with Gasteiger partial charge in [-0.15, -0.1) is 17.9 Å². The number of nitrogens with zero attached hydrogens (tertiary/aromatic N) is 5. The molecule has 8 nitrogen and oxygen atoms in total. The lowest BCUT2D eigenvalue weighted by Gasteiger charge is -2.33. The summed E-state index contributed by atoms with van der Waals surface area (Å²) in [5.74, 6) is 0.666. The molecule has 1 aliphatic heterocycles. The highest BCUT2D eigenvalue weighted by Crippen LogP contribution is 2.30. The molecule has 10 heteroatoms. The second-order valence-corrected chi connectivity index (χ2v) is 9.25. The van der Waals surface area contributed by atoms with Crippen molar-refractivity contribution in [2.24, 2.45) is 0 Å². The molecule has 4 heterocycles. The fraction of sp³-hybridized carbons (Fsp3) is 0.348. The lowest BCUT2D eigenvalue weighted by Crippen LogP contribution is -2.43. The molecule has 3 aromatic rings. The molecule has 2 N–H and O–H groups in total. The van der Waals surface area contributed by atoms with Crippen molar-refractivity contribution in [3.05, 3.63) is 64.5 Å². The van der Waals surface area contributed by atoms with Crippen LogP contribution in [0.4, 0.5) is 5.69 Å². The molecule has 0 aromatic carbocycles. The zero-order chi connectivity index (χ0) is 23.4. The van der Waals surface area contributed by atoms with Crippen LogP contribution in [0.2, 0.25) is 0 Å². The number of amides is 1. The summed E-state index contributed by atoms with van der Waals surface area (Å²) in [6.45, 7) is 10.0. The number of likely N-dealkylation sites (tertiary alicyclic amines) is 1.